The minimum Gasteiger partial charge on any atom is -0.490 e. The minimum atomic E-state index is -0.239. The Bertz CT molecular complexity index is 1190. The summed E-state index contributed by atoms with van der Waals surface area (Å²) in [5.41, 5.74) is 1.93. The molecule has 162 valence electrons. The summed E-state index contributed by atoms with van der Waals surface area (Å²) in [7, 11) is 0. The molecule has 0 fully saturated rings. The summed E-state index contributed by atoms with van der Waals surface area (Å²) in [4.78, 5) is 30.1. The third kappa shape index (κ3) is 4.13. The molecule has 31 heavy (non-hydrogen) atoms. The summed E-state index contributed by atoms with van der Waals surface area (Å²) < 4.78 is 13.0. The maximum atomic E-state index is 12.9. The number of aryl methyl sites for hydroxylation is 1. The zero-order valence-corrected chi connectivity index (χ0v) is 18.1. The van der Waals surface area contributed by atoms with Crippen molar-refractivity contribution >= 4 is 16.8 Å². The molecular formula is C24H27N3O4. The van der Waals surface area contributed by atoms with Crippen LogP contribution in [0.15, 0.2) is 41.2 Å². The molecule has 7 heteroatoms. The van der Waals surface area contributed by atoms with Gasteiger partial charge in [0.05, 0.1) is 30.2 Å². The Balaban J connectivity index is 1.56. The van der Waals surface area contributed by atoms with Crippen molar-refractivity contribution in [1.82, 2.24) is 14.9 Å². The van der Waals surface area contributed by atoms with Crippen LogP contribution < -0.4 is 20.3 Å². The lowest BCUT2D eigenvalue weighted by Crippen LogP contribution is -2.27. The first kappa shape index (κ1) is 20.9. The van der Waals surface area contributed by atoms with Crippen LogP contribution in [0.5, 0.6) is 11.5 Å². The molecule has 7 nitrogen and oxygen atoms in total. The summed E-state index contributed by atoms with van der Waals surface area (Å²) in [6, 6.07) is 10.5. The van der Waals surface area contributed by atoms with Gasteiger partial charge in [-0.1, -0.05) is 6.07 Å². The minimum absolute atomic E-state index is 0.0318. The van der Waals surface area contributed by atoms with Gasteiger partial charge < -0.3 is 14.8 Å². The van der Waals surface area contributed by atoms with Crippen LogP contribution in [0.25, 0.3) is 10.9 Å². The molecule has 0 aliphatic carbocycles. The Morgan fingerprint density at radius 3 is 2.68 bits per heavy atom. The summed E-state index contributed by atoms with van der Waals surface area (Å²) in [5, 5.41) is 3.56. The van der Waals surface area contributed by atoms with Crippen LogP contribution in [0.4, 0.5) is 0 Å². The number of fused-ring (bicyclic) bond motifs is 2. The van der Waals surface area contributed by atoms with E-state index in [-0.39, 0.29) is 17.5 Å². The standard InChI is InChI=1S/C24H27N3O4/c1-4-30-20-11-9-16(14-21(20)31-5-2)15(3)25-23(28)17-8-10-18-19(13-17)26-22-7-6-12-27(22)24(18)29/h8-11,13-15H,4-7,12H2,1-3H3,(H,25,28). The number of carbonyl (C=O) groups is 1. The Morgan fingerprint density at radius 1 is 1.13 bits per heavy atom. The Hall–Kier alpha value is -3.35. The van der Waals surface area contributed by atoms with Gasteiger partial charge in [0, 0.05) is 18.5 Å². The molecule has 2 heterocycles. The summed E-state index contributed by atoms with van der Waals surface area (Å²) in [6.45, 7) is 7.55. The molecular weight excluding hydrogens is 394 g/mol. The predicted molar refractivity (Wildman–Crippen MR) is 119 cm³/mol. The SMILES string of the molecule is CCOc1ccc(C(C)NC(=O)c2ccc3c(=O)n4c(nc3c2)CCC4)cc1OCC. The number of benzene rings is 2. The maximum absolute atomic E-state index is 12.9. The highest BCUT2D eigenvalue weighted by atomic mass is 16.5. The fourth-order valence-corrected chi connectivity index (χ4v) is 3.93. The maximum Gasteiger partial charge on any atom is 0.261 e. The molecule has 0 radical (unpaired) electrons. The van der Waals surface area contributed by atoms with E-state index in [4.69, 9.17) is 9.47 Å². The van der Waals surface area contributed by atoms with Crippen molar-refractivity contribution in [3.05, 3.63) is 63.7 Å². The van der Waals surface area contributed by atoms with E-state index in [1.54, 1.807) is 22.8 Å². The van der Waals surface area contributed by atoms with E-state index in [2.05, 4.69) is 10.3 Å². The fraction of sp³-hybridized carbons (Fsp3) is 0.375. The molecule has 1 N–H and O–H groups in total. The number of rotatable bonds is 7. The average Bonchev–Trinajstić information content (AvgIpc) is 3.24. The van der Waals surface area contributed by atoms with Crippen molar-refractivity contribution in [2.45, 2.75) is 46.2 Å². The van der Waals surface area contributed by atoms with E-state index in [0.29, 0.717) is 47.7 Å². The molecule has 1 amide bonds. The van der Waals surface area contributed by atoms with Gasteiger partial charge in [0.1, 0.15) is 5.82 Å². The lowest BCUT2D eigenvalue weighted by Gasteiger charge is -2.18. The number of hydrogen-bond acceptors (Lipinski definition) is 5. The van der Waals surface area contributed by atoms with Crippen LogP contribution in [0.1, 0.15) is 55.0 Å². The second-order valence-corrected chi connectivity index (χ2v) is 7.59. The van der Waals surface area contributed by atoms with Crippen LogP contribution >= 0.6 is 0 Å². The highest BCUT2D eigenvalue weighted by Crippen LogP contribution is 2.31. The van der Waals surface area contributed by atoms with Gasteiger partial charge in [0.25, 0.3) is 11.5 Å². The van der Waals surface area contributed by atoms with Crippen LogP contribution in [-0.4, -0.2) is 28.7 Å². The van der Waals surface area contributed by atoms with E-state index in [0.717, 1.165) is 24.2 Å². The van der Waals surface area contributed by atoms with Crippen LogP contribution in [-0.2, 0) is 13.0 Å². The molecule has 0 saturated heterocycles. The lowest BCUT2D eigenvalue weighted by molar-refractivity contribution is 0.0940. The van der Waals surface area contributed by atoms with Gasteiger partial charge >= 0.3 is 0 Å². The van der Waals surface area contributed by atoms with Crippen LogP contribution in [0.2, 0.25) is 0 Å². The van der Waals surface area contributed by atoms with Crippen molar-refractivity contribution in [2.24, 2.45) is 0 Å². The number of ether oxygens (including phenoxy) is 2. The molecule has 0 saturated carbocycles. The summed E-state index contributed by atoms with van der Waals surface area (Å²) in [5.74, 6) is 1.92. The topological polar surface area (TPSA) is 82.5 Å². The molecule has 1 aliphatic heterocycles. The number of amides is 1. The predicted octanol–water partition coefficient (Wildman–Crippen LogP) is 3.63. The van der Waals surface area contributed by atoms with Crippen LogP contribution in [0.3, 0.4) is 0 Å². The third-order valence-corrected chi connectivity index (χ3v) is 5.49. The van der Waals surface area contributed by atoms with E-state index in [9.17, 15) is 9.59 Å². The molecule has 2 aromatic carbocycles. The van der Waals surface area contributed by atoms with E-state index in [1.807, 2.05) is 39.0 Å². The Morgan fingerprint density at radius 2 is 1.90 bits per heavy atom. The largest absolute Gasteiger partial charge is 0.490 e. The van der Waals surface area contributed by atoms with E-state index in [1.165, 1.54) is 0 Å². The Kier molecular flexibility index (Phi) is 5.93. The van der Waals surface area contributed by atoms with E-state index >= 15 is 0 Å². The number of carbonyl (C=O) groups excluding carboxylic acids is 1. The average molecular weight is 421 g/mol. The zero-order chi connectivity index (χ0) is 22.0. The normalized spacial score (nSPS) is 13.6. The van der Waals surface area contributed by atoms with Crippen LogP contribution in [0, 0.1) is 0 Å². The molecule has 1 unspecified atom stereocenters. The molecule has 0 spiro atoms. The molecule has 1 atom stereocenters. The number of hydrogen-bond donors (Lipinski definition) is 1. The van der Waals surface area contributed by atoms with Gasteiger partial charge in [-0.2, -0.15) is 0 Å². The number of nitrogens with one attached hydrogen (secondary N) is 1. The third-order valence-electron chi connectivity index (χ3n) is 5.49. The van der Waals surface area contributed by atoms with Gasteiger partial charge in [0.2, 0.25) is 0 Å². The van der Waals surface area contributed by atoms with Gasteiger partial charge in [-0.25, -0.2) is 4.98 Å². The molecule has 4 rings (SSSR count). The lowest BCUT2D eigenvalue weighted by atomic mass is 10.1. The second-order valence-electron chi connectivity index (χ2n) is 7.59. The van der Waals surface area contributed by atoms with Crippen molar-refractivity contribution < 1.29 is 14.3 Å². The monoisotopic (exact) mass is 421 g/mol. The summed E-state index contributed by atoms with van der Waals surface area (Å²) >= 11 is 0. The van der Waals surface area contributed by atoms with Crippen molar-refractivity contribution in [3.63, 3.8) is 0 Å². The fourth-order valence-electron chi connectivity index (χ4n) is 3.93. The van der Waals surface area contributed by atoms with Gasteiger partial charge in [-0.3, -0.25) is 14.2 Å². The van der Waals surface area contributed by atoms with E-state index < -0.39 is 0 Å². The van der Waals surface area contributed by atoms with Gasteiger partial charge in [0.15, 0.2) is 11.5 Å². The van der Waals surface area contributed by atoms with Crippen molar-refractivity contribution in [2.75, 3.05) is 13.2 Å². The van der Waals surface area contributed by atoms with Gasteiger partial charge in [-0.05, 0) is 63.1 Å². The number of aromatic nitrogens is 2. The molecule has 1 aliphatic rings. The zero-order valence-electron chi connectivity index (χ0n) is 18.1. The first-order chi connectivity index (χ1) is 15.0. The number of nitrogens with zero attached hydrogens (tertiary/aromatic N) is 2. The van der Waals surface area contributed by atoms with Gasteiger partial charge in [-0.15, -0.1) is 0 Å². The summed E-state index contributed by atoms with van der Waals surface area (Å²) in [6.07, 6.45) is 1.72. The highest BCUT2D eigenvalue weighted by Gasteiger charge is 2.18. The highest BCUT2D eigenvalue weighted by molar-refractivity contribution is 5.97. The molecule has 3 aromatic rings. The first-order valence-corrected chi connectivity index (χ1v) is 10.8. The van der Waals surface area contributed by atoms with Crippen molar-refractivity contribution in [3.8, 4) is 11.5 Å². The Labute approximate surface area is 181 Å². The van der Waals surface area contributed by atoms with Crippen molar-refractivity contribution in [1.29, 1.82) is 0 Å². The molecule has 0 bridgehead atoms. The first-order valence-electron chi connectivity index (χ1n) is 10.8. The second kappa shape index (κ2) is 8.79. The smallest absolute Gasteiger partial charge is 0.261 e. The molecule has 1 aromatic heterocycles. The quantitative estimate of drug-likeness (QED) is 0.630.